The van der Waals surface area contributed by atoms with Crippen molar-refractivity contribution in [3.63, 3.8) is 0 Å². The molecule has 0 saturated carbocycles. The Morgan fingerprint density at radius 3 is 2.63 bits per heavy atom. The first-order valence-corrected chi connectivity index (χ1v) is 7.43. The number of rotatable bonds is 3. The van der Waals surface area contributed by atoms with Crippen LogP contribution in [-0.2, 0) is 9.53 Å². The number of carbonyl (C=O) groups is 1. The molecule has 2 unspecified atom stereocenters. The van der Waals surface area contributed by atoms with E-state index < -0.39 is 5.54 Å². The van der Waals surface area contributed by atoms with Crippen molar-refractivity contribution in [3.05, 3.63) is 0 Å². The fourth-order valence-corrected chi connectivity index (χ4v) is 3.29. The fraction of sp³-hybridized carbons (Fsp3) is 0.929. The monoisotopic (exact) mass is 269 g/mol. The van der Waals surface area contributed by atoms with Gasteiger partial charge in [-0.15, -0.1) is 0 Å². The van der Waals surface area contributed by atoms with Gasteiger partial charge in [0.25, 0.3) is 0 Å². The molecular weight excluding hydrogens is 242 g/mol. The van der Waals surface area contributed by atoms with Gasteiger partial charge in [-0.2, -0.15) is 0 Å². The zero-order valence-electron chi connectivity index (χ0n) is 12.4. The third-order valence-corrected chi connectivity index (χ3v) is 4.64. The lowest BCUT2D eigenvalue weighted by atomic mass is 9.81. The lowest BCUT2D eigenvalue weighted by Gasteiger charge is -2.49. The maximum Gasteiger partial charge on any atom is 0.326 e. The van der Waals surface area contributed by atoms with Gasteiger partial charge in [-0.1, -0.05) is 0 Å². The SMILES string of the molecule is CCOC(=O)C1(N2CCNCC2)CCN(C)C(C)C1. The highest BCUT2D eigenvalue weighted by Crippen LogP contribution is 2.33. The fourth-order valence-electron chi connectivity index (χ4n) is 3.29. The van der Waals surface area contributed by atoms with Crippen LogP contribution < -0.4 is 5.32 Å². The maximum atomic E-state index is 12.6. The quantitative estimate of drug-likeness (QED) is 0.747. The predicted molar refractivity (Wildman–Crippen MR) is 75.1 cm³/mol. The standard InChI is InChI=1S/C14H27N3O2/c1-4-19-13(18)14(17-9-6-15-7-10-17)5-8-16(3)12(2)11-14/h12,15H,4-11H2,1-3H3. The van der Waals surface area contributed by atoms with Crippen LogP contribution in [0.5, 0.6) is 0 Å². The number of ether oxygens (including phenoxy) is 1. The molecule has 0 amide bonds. The van der Waals surface area contributed by atoms with E-state index in [-0.39, 0.29) is 5.97 Å². The van der Waals surface area contributed by atoms with E-state index in [9.17, 15) is 4.79 Å². The summed E-state index contributed by atoms with van der Waals surface area (Å²) in [6.45, 7) is 9.33. The number of hydrogen-bond acceptors (Lipinski definition) is 5. The summed E-state index contributed by atoms with van der Waals surface area (Å²) in [4.78, 5) is 17.3. The van der Waals surface area contributed by atoms with Crippen molar-refractivity contribution in [1.82, 2.24) is 15.1 Å². The van der Waals surface area contributed by atoms with Crippen LogP contribution in [0.1, 0.15) is 26.7 Å². The van der Waals surface area contributed by atoms with Gasteiger partial charge in [0.2, 0.25) is 0 Å². The Hall–Kier alpha value is -0.650. The highest BCUT2D eigenvalue weighted by atomic mass is 16.5. The maximum absolute atomic E-state index is 12.6. The van der Waals surface area contributed by atoms with Crippen LogP contribution in [0.3, 0.4) is 0 Å². The number of likely N-dealkylation sites (tertiary alicyclic amines) is 1. The number of piperazine rings is 1. The number of nitrogens with zero attached hydrogens (tertiary/aromatic N) is 2. The second kappa shape index (κ2) is 6.20. The molecule has 5 heteroatoms. The lowest BCUT2D eigenvalue weighted by Crippen LogP contribution is -2.65. The van der Waals surface area contributed by atoms with E-state index in [4.69, 9.17) is 4.74 Å². The molecule has 110 valence electrons. The summed E-state index contributed by atoms with van der Waals surface area (Å²) in [7, 11) is 2.14. The molecule has 0 aromatic carbocycles. The Balaban J connectivity index is 2.19. The third kappa shape index (κ3) is 2.93. The summed E-state index contributed by atoms with van der Waals surface area (Å²) in [6, 6.07) is 0.424. The molecule has 2 aliphatic rings. The second-order valence-electron chi connectivity index (χ2n) is 5.77. The number of esters is 1. The van der Waals surface area contributed by atoms with Crippen LogP contribution in [0.2, 0.25) is 0 Å². The van der Waals surface area contributed by atoms with E-state index >= 15 is 0 Å². The summed E-state index contributed by atoms with van der Waals surface area (Å²) in [5.74, 6) is -0.0168. The first-order chi connectivity index (χ1) is 9.10. The number of carbonyl (C=O) groups excluding carboxylic acids is 1. The molecule has 2 fully saturated rings. The van der Waals surface area contributed by atoms with Gasteiger partial charge >= 0.3 is 5.97 Å². The van der Waals surface area contributed by atoms with E-state index in [1.165, 1.54) is 0 Å². The van der Waals surface area contributed by atoms with Gasteiger partial charge in [-0.25, -0.2) is 0 Å². The van der Waals surface area contributed by atoms with Crippen molar-refractivity contribution in [2.45, 2.75) is 38.3 Å². The van der Waals surface area contributed by atoms with Crippen molar-refractivity contribution < 1.29 is 9.53 Å². The minimum Gasteiger partial charge on any atom is -0.465 e. The minimum atomic E-state index is -0.399. The molecule has 0 aromatic rings. The molecule has 2 rings (SSSR count). The van der Waals surface area contributed by atoms with Gasteiger partial charge in [-0.3, -0.25) is 9.69 Å². The van der Waals surface area contributed by atoms with E-state index in [1.807, 2.05) is 6.92 Å². The third-order valence-electron chi connectivity index (χ3n) is 4.64. The summed E-state index contributed by atoms with van der Waals surface area (Å²) in [5.41, 5.74) is -0.399. The van der Waals surface area contributed by atoms with Crippen molar-refractivity contribution in [2.75, 3.05) is 46.4 Å². The van der Waals surface area contributed by atoms with Crippen LogP contribution >= 0.6 is 0 Å². The summed E-state index contributed by atoms with van der Waals surface area (Å²) >= 11 is 0. The molecule has 0 aliphatic carbocycles. The van der Waals surface area contributed by atoms with Crippen LogP contribution in [-0.4, -0.2) is 73.7 Å². The lowest BCUT2D eigenvalue weighted by molar-refractivity contribution is -0.164. The average molecular weight is 269 g/mol. The summed E-state index contributed by atoms with van der Waals surface area (Å²) in [6.07, 6.45) is 1.76. The van der Waals surface area contributed by atoms with Gasteiger partial charge < -0.3 is 15.0 Å². The van der Waals surface area contributed by atoms with Gasteiger partial charge in [0.05, 0.1) is 6.61 Å². The van der Waals surface area contributed by atoms with Crippen LogP contribution in [0.4, 0.5) is 0 Å². The van der Waals surface area contributed by atoms with Gasteiger partial charge in [0, 0.05) is 38.8 Å². The zero-order valence-corrected chi connectivity index (χ0v) is 12.4. The number of nitrogens with one attached hydrogen (secondary N) is 1. The molecule has 2 heterocycles. The molecule has 2 aliphatic heterocycles. The Morgan fingerprint density at radius 2 is 2.05 bits per heavy atom. The Morgan fingerprint density at radius 1 is 1.37 bits per heavy atom. The zero-order chi connectivity index (χ0) is 13.9. The van der Waals surface area contributed by atoms with Crippen molar-refractivity contribution in [1.29, 1.82) is 0 Å². The molecule has 5 nitrogen and oxygen atoms in total. The van der Waals surface area contributed by atoms with Gasteiger partial charge in [-0.05, 0) is 33.7 Å². The number of hydrogen-bond donors (Lipinski definition) is 1. The van der Waals surface area contributed by atoms with Crippen LogP contribution in [0, 0.1) is 0 Å². The molecular formula is C14H27N3O2. The first kappa shape index (κ1) is 14.8. The Bertz CT molecular complexity index is 318. The second-order valence-corrected chi connectivity index (χ2v) is 5.77. The smallest absolute Gasteiger partial charge is 0.326 e. The van der Waals surface area contributed by atoms with Gasteiger partial charge in [0.1, 0.15) is 5.54 Å². The molecule has 0 bridgehead atoms. The van der Waals surface area contributed by atoms with Crippen molar-refractivity contribution in [3.8, 4) is 0 Å². The largest absolute Gasteiger partial charge is 0.465 e. The molecule has 2 atom stereocenters. The first-order valence-electron chi connectivity index (χ1n) is 7.43. The van der Waals surface area contributed by atoms with Crippen molar-refractivity contribution >= 4 is 5.97 Å². The molecule has 1 N–H and O–H groups in total. The predicted octanol–water partition coefficient (Wildman–Crippen LogP) is 0.308. The normalized spacial score (nSPS) is 34.2. The highest BCUT2D eigenvalue weighted by molar-refractivity contribution is 5.81. The van der Waals surface area contributed by atoms with E-state index in [0.717, 1.165) is 45.6 Å². The highest BCUT2D eigenvalue weighted by Gasteiger charge is 2.49. The van der Waals surface area contributed by atoms with E-state index in [2.05, 4.69) is 29.1 Å². The topological polar surface area (TPSA) is 44.8 Å². The summed E-state index contributed by atoms with van der Waals surface area (Å²) in [5, 5.41) is 3.36. The van der Waals surface area contributed by atoms with Gasteiger partial charge in [0.15, 0.2) is 0 Å². The van der Waals surface area contributed by atoms with E-state index in [1.54, 1.807) is 0 Å². The minimum absolute atomic E-state index is 0.0168. The average Bonchev–Trinajstić information content (AvgIpc) is 2.43. The Kier molecular flexibility index (Phi) is 4.81. The van der Waals surface area contributed by atoms with Crippen LogP contribution in [0.25, 0.3) is 0 Å². The molecule has 2 saturated heterocycles. The molecule has 0 radical (unpaired) electrons. The molecule has 0 aromatic heterocycles. The van der Waals surface area contributed by atoms with Crippen molar-refractivity contribution in [2.24, 2.45) is 0 Å². The molecule has 19 heavy (non-hydrogen) atoms. The Labute approximate surface area is 116 Å². The van der Waals surface area contributed by atoms with E-state index in [0.29, 0.717) is 12.6 Å². The summed E-state index contributed by atoms with van der Waals surface area (Å²) < 4.78 is 5.40. The van der Waals surface area contributed by atoms with Crippen LogP contribution in [0.15, 0.2) is 0 Å². The molecule has 0 spiro atoms. The number of piperidine rings is 1.